The van der Waals surface area contributed by atoms with Gasteiger partial charge in [0, 0.05) is 12.3 Å². The molecule has 2 N–H and O–H groups in total. The summed E-state index contributed by atoms with van der Waals surface area (Å²) in [6.45, 7) is 10.6. The number of hydrogen-bond donors (Lipinski definition) is 2. The summed E-state index contributed by atoms with van der Waals surface area (Å²) in [7, 11) is 0. The molecule has 2 heterocycles. The van der Waals surface area contributed by atoms with E-state index in [0.717, 1.165) is 45.1 Å². The first-order valence-corrected chi connectivity index (χ1v) is 13.4. The van der Waals surface area contributed by atoms with Crippen LogP contribution in [0.3, 0.4) is 0 Å². The molecule has 0 aromatic rings. The van der Waals surface area contributed by atoms with Gasteiger partial charge in [-0.3, -0.25) is 0 Å². The van der Waals surface area contributed by atoms with E-state index in [0.29, 0.717) is 47.0 Å². The SMILES string of the molecule is C[C@@H]1CC[C@]2(OC1)O[C@H]1C[C@H]3[C@@H]4C[C@H](O)[C@H]5C[C@@H](O)CC[C@]5(C)[C@H]4CC[C@]3(C)[C@H]1[C@H]2C. The molecule has 0 bridgehead atoms. The van der Waals surface area contributed by atoms with Crippen LogP contribution in [0.1, 0.15) is 85.5 Å². The Bertz CT molecular complexity index is 716. The molecule has 2 aliphatic heterocycles. The number of aliphatic hydroxyl groups is 2. The van der Waals surface area contributed by atoms with Crippen LogP contribution in [-0.2, 0) is 9.47 Å². The fraction of sp³-hybridized carbons (Fsp3) is 1.00. The van der Waals surface area contributed by atoms with Crippen molar-refractivity contribution in [1.29, 1.82) is 0 Å². The zero-order valence-electron chi connectivity index (χ0n) is 20.1. The van der Waals surface area contributed by atoms with Crippen LogP contribution in [0, 0.1) is 52.3 Å². The number of fused-ring (bicyclic) bond motifs is 7. The van der Waals surface area contributed by atoms with Gasteiger partial charge in [0.05, 0.1) is 24.9 Å². The van der Waals surface area contributed by atoms with Crippen molar-refractivity contribution in [2.24, 2.45) is 52.3 Å². The topological polar surface area (TPSA) is 58.9 Å². The van der Waals surface area contributed by atoms with Crippen molar-refractivity contribution < 1.29 is 19.7 Å². The van der Waals surface area contributed by atoms with Crippen LogP contribution in [0.15, 0.2) is 0 Å². The summed E-state index contributed by atoms with van der Waals surface area (Å²) < 4.78 is 13.3. The first-order chi connectivity index (χ1) is 14.7. The molecule has 6 rings (SSSR count). The van der Waals surface area contributed by atoms with Gasteiger partial charge < -0.3 is 19.7 Å². The van der Waals surface area contributed by atoms with Crippen molar-refractivity contribution in [2.75, 3.05) is 6.61 Å². The van der Waals surface area contributed by atoms with Crippen LogP contribution in [0.4, 0.5) is 0 Å². The number of ether oxygens (including phenoxy) is 2. The second-order valence-electron chi connectivity index (χ2n) is 13.2. The molecule has 31 heavy (non-hydrogen) atoms. The Balaban J connectivity index is 1.28. The second kappa shape index (κ2) is 6.93. The Kier molecular flexibility index (Phi) is 4.78. The van der Waals surface area contributed by atoms with E-state index in [9.17, 15) is 10.2 Å². The lowest BCUT2D eigenvalue weighted by molar-refractivity contribution is -0.273. The smallest absolute Gasteiger partial charge is 0.171 e. The molecule has 0 amide bonds. The van der Waals surface area contributed by atoms with Gasteiger partial charge in [0.2, 0.25) is 0 Å². The van der Waals surface area contributed by atoms with E-state index in [2.05, 4.69) is 27.7 Å². The minimum absolute atomic E-state index is 0.191. The zero-order chi connectivity index (χ0) is 21.8. The monoisotopic (exact) mass is 432 g/mol. The average Bonchev–Trinajstić information content (AvgIpc) is 3.17. The quantitative estimate of drug-likeness (QED) is 0.579. The van der Waals surface area contributed by atoms with E-state index in [1.807, 2.05) is 0 Å². The molecule has 1 spiro atoms. The number of aliphatic hydroxyl groups excluding tert-OH is 2. The maximum Gasteiger partial charge on any atom is 0.171 e. The molecule has 6 fully saturated rings. The van der Waals surface area contributed by atoms with Gasteiger partial charge >= 0.3 is 0 Å². The Morgan fingerprint density at radius 2 is 1.58 bits per heavy atom. The minimum Gasteiger partial charge on any atom is -0.393 e. The molecule has 6 aliphatic rings. The Morgan fingerprint density at radius 1 is 0.806 bits per heavy atom. The van der Waals surface area contributed by atoms with Crippen LogP contribution >= 0.6 is 0 Å². The molecule has 2 saturated heterocycles. The van der Waals surface area contributed by atoms with Gasteiger partial charge in [-0.25, -0.2) is 0 Å². The molecular formula is C27H44O4. The second-order valence-corrected chi connectivity index (χ2v) is 13.2. The summed E-state index contributed by atoms with van der Waals surface area (Å²) in [6, 6.07) is 0. The van der Waals surface area contributed by atoms with Crippen molar-refractivity contribution in [1.82, 2.24) is 0 Å². The van der Waals surface area contributed by atoms with Crippen LogP contribution < -0.4 is 0 Å². The van der Waals surface area contributed by atoms with E-state index in [4.69, 9.17) is 9.47 Å². The molecule has 4 saturated carbocycles. The summed E-state index contributed by atoms with van der Waals surface area (Å²) >= 11 is 0. The van der Waals surface area contributed by atoms with E-state index in [1.165, 1.54) is 19.3 Å². The molecular weight excluding hydrogens is 388 g/mol. The van der Waals surface area contributed by atoms with E-state index < -0.39 is 0 Å². The minimum atomic E-state index is -0.338. The number of hydrogen-bond acceptors (Lipinski definition) is 4. The third-order valence-electron chi connectivity index (χ3n) is 11.9. The van der Waals surface area contributed by atoms with E-state index in [-0.39, 0.29) is 29.3 Å². The van der Waals surface area contributed by atoms with Crippen LogP contribution in [0.5, 0.6) is 0 Å². The van der Waals surface area contributed by atoms with Gasteiger partial charge in [0.1, 0.15) is 0 Å². The summed E-state index contributed by atoms with van der Waals surface area (Å²) in [5, 5.41) is 21.5. The Hall–Kier alpha value is -0.160. The lowest BCUT2D eigenvalue weighted by Crippen LogP contribution is -2.58. The highest BCUT2D eigenvalue weighted by Crippen LogP contribution is 2.71. The fourth-order valence-corrected chi connectivity index (χ4v) is 10.3. The highest BCUT2D eigenvalue weighted by atomic mass is 16.7. The normalized spacial score (nSPS) is 63.3. The van der Waals surface area contributed by atoms with E-state index >= 15 is 0 Å². The Labute approximate surface area is 188 Å². The lowest BCUT2D eigenvalue weighted by atomic mass is 9.43. The van der Waals surface area contributed by atoms with Gasteiger partial charge in [-0.1, -0.05) is 27.7 Å². The maximum atomic E-state index is 11.2. The van der Waals surface area contributed by atoms with Crippen molar-refractivity contribution in [3.63, 3.8) is 0 Å². The highest BCUT2D eigenvalue weighted by molar-refractivity contribution is 5.16. The number of rotatable bonds is 0. The molecule has 0 radical (unpaired) electrons. The van der Waals surface area contributed by atoms with Gasteiger partial charge in [0.15, 0.2) is 5.79 Å². The maximum absolute atomic E-state index is 11.2. The van der Waals surface area contributed by atoms with Crippen LogP contribution in [-0.4, -0.2) is 40.9 Å². The van der Waals surface area contributed by atoms with E-state index in [1.54, 1.807) is 0 Å². The third kappa shape index (κ3) is 2.80. The predicted octanol–water partition coefficient (Wildman–Crippen LogP) is 4.76. The summed E-state index contributed by atoms with van der Waals surface area (Å²) in [5.41, 5.74) is 0.495. The molecule has 0 aromatic heterocycles. The molecule has 4 nitrogen and oxygen atoms in total. The standard InChI is InChI=1S/C27H44O4/c1-15-5-10-27(30-14-15)16(2)24-23(31-27)13-20-18-12-22(29)21-11-17(28)6-8-25(21,3)19(18)7-9-26(20,24)4/h15-24,28-29H,5-14H2,1-4H3/t15-,16-,17+,18-,19+,20+,21-,22+,23+,24+,25-,26+,27+/m1/s1. The van der Waals surface area contributed by atoms with Crippen molar-refractivity contribution in [2.45, 2.75) is 110 Å². The van der Waals surface area contributed by atoms with Crippen molar-refractivity contribution in [3.05, 3.63) is 0 Å². The highest BCUT2D eigenvalue weighted by Gasteiger charge is 2.69. The molecule has 4 heteroatoms. The van der Waals surface area contributed by atoms with Gasteiger partial charge in [-0.2, -0.15) is 0 Å². The zero-order valence-corrected chi connectivity index (χ0v) is 20.1. The van der Waals surface area contributed by atoms with Gasteiger partial charge in [-0.05, 0) is 97.7 Å². The summed E-state index contributed by atoms with van der Waals surface area (Å²) in [6.07, 6.45) is 9.58. The van der Waals surface area contributed by atoms with Crippen LogP contribution in [0.25, 0.3) is 0 Å². The van der Waals surface area contributed by atoms with Gasteiger partial charge in [0.25, 0.3) is 0 Å². The fourth-order valence-electron chi connectivity index (χ4n) is 10.3. The molecule has 13 atom stereocenters. The summed E-state index contributed by atoms with van der Waals surface area (Å²) in [4.78, 5) is 0. The first-order valence-electron chi connectivity index (χ1n) is 13.4. The van der Waals surface area contributed by atoms with Gasteiger partial charge in [-0.15, -0.1) is 0 Å². The third-order valence-corrected chi connectivity index (χ3v) is 11.9. The molecule has 0 unspecified atom stereocenters. The largest absolute Gasteiger partial charge is 0.393 e. The summed E-state index contributed by atoms with van der Waals surface area (Å²) in [5.74, 6) is 3.58. The molecule has 176 valence electrons. The molecule has 0 aromatic carbocycles. The average molecular weight is 433 g/mol. The molecule has 4 aliphatic carbocycles. The van der Waals surface area contributed by atoms with Crippen molar-refractivity contribution in [3.8, 4) is 0 Å². The predicted molar refractivity (Wildman–Crippen MR) is 119 cm³/mol. The van der Waals surface area contributed by atoms with Crippen molar-refractivity contribution >= 4 is 0 Å². The Morgan fingerprint density at radius 3 is 2.32 bits per heavy atom. The first kappa shape index (κ1) is 21.4. The lowest BCUT2D eigenvalue weighted by Gasteiger charge is -2.62. The van der Waals surface area contributed by atoms with Crippen LogP contribution in [0.2, 0.25) is 0 Å².